The van der Waals surface area contributed by atoms with E-state index in [2.05, 4.69) is 5.32 Å². The molecule has 0 aromatic carbocycles. The van der Waals surface area contributed by atoms with Gasteiger partial charge in [0.2, 0.25) is 0 Å². The predicted octanol–water partition coefficient (Wildman–Crippen LogP) is 1.64. The average Bonchev–Trinajstić information content (AvgIpc) is 3.06. The van der Waals surface area contributed by atoms with Crippen molar-refractivity contribution in [3.05, 3.63) is 22.4 Å². The molecule has 1 fully saturated rings. The molecule has 0 saturated carbocycles. The van der Waals surface area contributed by atoms with Crippen LogP contribution in [0.25, 0.3) is 0 Å². The van der Waals surface area contributed by atoms with Crippen molar-refractivity contribution in [3.63, 3.8) is 0 Å². The minimum atomic E-state index is -0.0921. The largest absolute Gasteiger partial charge is 0.381 e. The average molecular weight is 325 g/mol. The second-order valence-electron chi connectivity index (χ2n) is 5.48. The van der Waals surface area contributed by atoms with Gasteiger partial charge in [0.1, 0.15) is 0 Å². The number of amides is 3. The van der Waals surface area contributed by atoms with Crippen molar-refractivity contribution < 1.29 is 14.3 Å². The lowest BCUT2D eigenvalue weighted by atomic mass is 10.1. The number of nitrogens with zero attached hydrogens (tertiary/aromatic N) is 2. The van der Waals surface area contributed by atoms with E-state index in [1.165, 1.54) is 11.3 Å². The second-order valence-corrected chi connectivity index (χ2v) is 6.26. The van der Waals surface area contributed by atoms with Gasteiger partial charge < -0.3 is 19.9 Å². The molecular weight excluding hydrogens is 302 g/mol. The highest BCUT2D eigenvalue weighted by atomic mass is 32.1. The lowest BCUT2D eigenvalue weighted by Crippen LogP contribution is -2.50. The third-order valence-corrected chi connectivity index (χ3v) is 4.36. The van der Waals surface area contributed by atoms with Crippen molar-refractivity contribution in [3.8, 4) is 0 Å². The maximum absolute atomic E-state index is 12.3. The molecule has 0 spiro atoms. The van der Waals surface area contributed by atoms with Crippen LogP contribution in [0.4, 0.5) is 4.79 Å². The number of hydrogen-bond donors (Lipinski definition) is 1. The Balaban J connectivity index is 1.88. The van der Waals surface area contributed by atoms with Crippen molar-refractivity contribution in [1.29, 1.82) is 0 Å². The summed E-state index contributed by atoms with van der Waals surface area (Å²) in [7, 11) is 3.50. The van der Waals surface area contributed by atoms with Crippen LogP contribution >= 0.6 is 11.3 Å². The molecular formula is C15H23N3O3S. The standard InChI is InChI=1S/C15H23N3O3S/c1-17(2)15(20)18(13-3-8-21-9-4-13)7-6-16-14(19)12-5-10-22-11-12/h5,10-11,13H,3-4,6-9H2,1-2H3,(H,16,19). The van der Waals surface area contributed by atoms with Crippen LogP contribution in [0.5, 0.6) is 0 Å². The maximum atomic E-state index is 12.3. The molecule has 0 bridgehead atoms. The van der Waals surface area contributed by atoms with Crippen molar-refractivity contribution >= 4 is 23.3 Å². The van der Waals surface area contributed by atoms with E-state index < -0.39 is 0 Å². The summed E-state index contributed by atoms with van der Waals surface area (Å²) in [5, 5.41) is 6.56. The fourth-order valence-electron chi connectivity index (χ4n) is 2.47. The summed E-state index contributed by atoms with van der Waals surface area (Å²) in [4.78, 5) is 27.7. The third-order valence-electron chi connectivity index (χ3n) is 3.68. The van der Waals surface area contributed by atoms with Gasteiger partial charge in [0, 0.05) is 57.4 Å². The summed E-state index contributed by atoms with van der Waals surface area (Å²) in [5.41, 5.74) is 0.668. The van der Waals surface area contributed by atoms with Crippen molar-refractivity contribution in [1.82, 2.24) is 15.1 Å². The number of hydrogen-bond acceptors (Lipinski definition) is 4. The zero-order chi connectivity index (χ0) is 15.9. The first-order chi connectivity index (χ1) is 10.6. The molecule has 1 aromatic heterocycles. The monoisotopic (exact) mass is 325 g/mol. The second kappa shape index (κ2) is 8.14. The Labute approximate surface area is 135 Å². The number of urea groups is 1. The normalized spacial score (nSPS) is 15.4. The van der Waals surface area contributed by atoms with E-state index in [1.54, 1.807) is 25.1 Å². The topological polar surface area (TPSA) is 61.9 Å². The zero-order valence-electron chi connectivity index (χ0n) is 13.1. The van der Waals surface area contributed by atoms with E-state index in [1.807, 2.05) is 15.7 Å². The predicted molar refractivity (Wildman–Crippen MR) is 86.3 cm³/mol. The van der Waals surface area contributed by atoms with E-state index in [4.69, 9.17) is 4.74 Å². The van der Waals surface area contributed by atoms with Gasteiger partial charge in [-0.1, -0.05) is 0 Å². The van der Waals surface area contributed by atoms with Gasteiger partial charge in [-0.2, -0.15) is 11.3 Å². The first-order valence-electron chi connectivity index (χ1n) is 7.45. The SMILES string of the molecule is CN(C)C(=O)N(CCNC(=O)c1ccsc1)C1CCOCC1. The fourth-order valence-corrected chi connectivity index (χ4v) is 3.11. The highest BCUT2D eigenvalue weighted by Gasteiger charge is 2.26. The number of thiophene rings is 1. The molecule has 7 heteroatoms. The van der Waals surface area contributed by atoms with E-state index >= 15 is 0 Å². The van der Waals surface area contributed by atoms with Gasteiger partial charge in [0.05, 0.1) is 0 Å². The molecule has 0 atom stereocenters. The van der Waals surface area contributed by atoms with E-state index in [9.17, 15) is 9.59 Å². The molecule has 1 N–H and O–H groups in total. The van der Waals surface area contributed by atoms with Crippen LogP contribution < -0.4 is 5.32 Å². The summed E-state index contributed by atoms with van der Waals surface area (Å²) in [6.07, 6.45) is 1.69. The summed E-state index contributed by atoms with van der Waals surface area (Å²) < 4.78 is 5.36. The fraction of sp³-hybridized carbons (Fsp3) is 0.600. The summed E-state index contributed by atoms with van der Waals surface area (Å²) >= 11 is 1.49. The van der Waals surface area contributed by atoms with Crippen molar-refractivity contribution in [2.24, 2.45) is 0 Å². The first-order valence-corrected chi connectivity index (χ1v) is 8.40. The zero-order valence-corrected chi connectivity index (χ0v) is 13.9. The summed E-state index contributed by atoms with van der Waals surface area (Å²) in [6.45, 7) is 2.33. The lowest BCUT2D eigenvalue weighted by Gasteiger charge is -2.36. The number of carbonyl (C=O) groups excluding carboxylic acids is 2. The Morgan fingerprint density at radius 1 is 1.36 bits per heavy atom. The Bertz CT molecular complexity index is 484. The van der Waals surface area contributed by atoms with Gasteiger partial charge >= 0.3 is 6.03 Å². The number of ether oxygens (including phenoxy) is 1. The molecule has 3 amide bonds. The van der Waals surface area contributed by atoms with Crippen LogP contribution in [-0.4, -0.2) is 68.2 Å². The summed E-state index contributed by atoms with van der Waals surface area (Å²) in [6, 6.07) is 1.96. The highest BCUT2D eigenvalue weighted by molar-refractivity contribution is 7.08. The Morgan fingerprint density at radius 2 is 2.09 bits per heavy atom. The molecule has 1 saturated heterocycles. The maximum Gasteiger partial charge on any atom is 0.319 e. The van der Waals surface area contributed by atoms with E-state index in [-0.39, 0.29) is 18.0 Å². The van der Waals surface area contributed by atoms with Gasteiger partial charge in [-0.15, -0.1) is 0 Å². The Hall–Kier alpha value is -1.60. The van der Waals surface area contributed by atoms with Crippen LogP contribution in [-0.2, 0) is 4.74 Å². The third kappa shape index (κ3) is 4.45. The van der Waals surface area contributed by atoms with Crippen molar-refractivity contribution in [2.75, 3.05) is 40.4 Å². The number of carbonyl (C=O) groups is 2. The van der Waals surface area contributed by atoms with Crippen LogP contribution in [0.1, 0.15) is 23.2 Å². The van der Waals surface area contributed by atoms with Gasteiger partial charge in [0.15, 0.2) is 0 Å². The highest BCUT2D eigenvalue weighted by Crippen LogP contribution is 2.15. The molecule has 2 heterocycles. The van der Waals surface area contributed by atoms with E-state index in [0.717, 1.165) is 12.8 Å². The van der Waals surface area contributed by atoms with Gasteiger partial charge in [0.25, 0.3) is 5.91 Å². The van der Waals surface area contributed by atoms with E-state index in [0.29, 0.717) is 31.9 Å². The molecule has 1 aliphatic rings. The van der Waals surface area contributed by atoms with Gasteiger partial charge in [-0.25, -0.2) is 4.79 Å². The lowest BCUT2D eigenvalue weighted by molar-refractivity contribution is 0.0415. The van der Waals surface area contributed by atoms with Crippen LogP contribution in [0.15, 0.2) is 16.8 Å². The quantitative estimate of drug-likeness (QED) is 0.895. The minimum Gasteiger partial charge on any atom is -0.381 e. The molecule has 22 heavy (non-hydrogen) atoms. The minimum absolute atomic E-state index is 0.0170. The molecule has 1 aliphatic heterocycles. The molecule has 0 aliphatic carbocycles. The molecule has 1 aromatic rings. The van der Waals surface area contributed by atoms with Crippen LogP contribution in [0, 0.1) is 0 Å². The van der Waals surface area contributed by atoms with Crippen molar-refractivity contribution in [2.45, 2.75) is 18.9 Å². The molecule has 2 rings (SSSR count). The smallest absolute Gasteiger partial charge is 0.319 e. The molecule has 0 unspecified atom stereocenters. The Kier molecular flexibility index (Phi) is 6.21. The Morgan fingerprint density at radius 3 is 2.68 bits per heavy atom. The van der Waals surface area contributed by atoms with Crippen LogP contribution in [0.2, 0.25) is 0 Å². The first kappa shape index (κ1) is 16.8. The molecule has 0 radical (unpaired) electrons. The van der Waals surface area contributed by atoms with Gasteiger partial charge in [-0.05, 0) is 24.3 Å². The van der Waals surface area contributed by atoms with Crippen LogP contribution in [0.3, 0.4) is 0 Å². The molecule has 6 nitrogen and oxygen atoms in total. The number of nitrogens with one attached hydrogen (secondary N) is 1. The summed E-state index contributed by atoms with van der Waals surface area (Å²) in [5.74, 6) is -0.0921. The molecule has 122 valence electrons. The number of rotatable bonds is 5. The van der Waals surface area contributed by atoms with Gasteiger partial charge in [-0.3, -0.25) is 4.79 Å².